The average molecular weight is 300 g/mol. The molecule has 1 fully saturated rings. The van der Waals surface area contributed by atoms with Crippen LogP contribution in [0, 0.1) is 5.92 Å². The molecule has 5 heteroatoms. The Balaban J connectivity index is 2.05. The minimum absolute atomic E-state index is 0.106. The molecular weight excluding hydrogens is 282 g/mol. The highest BCUT2D eigenvalue weighted by Gasteiger charge is 2.21. The lowest BCUT2D eigenvalue weighted by molar-refractivity contribution is 0.377. The molecule has 1 aliphatic heterocycles. The average Bonchev–Trinajstić information content (AvgIpc) is 2.34. The Bertz CT molecular complexity index is 424. The van der Waals surface area contributed by atoms with E-state index in [1.165, 1.54) is 32.0 Å². The number of hydrogen-bond donors (Lipinski definition) is 1. The number of rotatable bonds is 3. The van der Waals surface area contributed by atoms with Gasteiger partial charge in [-0.25, -0.2) is 4.98 Å². The molecule has 0 atom stereocenters. The second kappa shape index (κ2) is 5.67. The number of nitrogens with zero attached hydrogens (tertiary/aromatic N) is 2. The van der Waals surface area contributed by atoms with Gasteiger partial charge in [0.1, 0.15) is 10.3 Å². The van der Waals surface area contributed by atoms with E-state index in [1.807, 2.05) is 0 Å². The molecule has 1 aromatic rings. The standard InChI is InChI=1S/C12H18BrN3O/c1-2-3-9-4-6-16(7-5-9)11-10(13)12(17)15-8-14-11/h8-9H,2-7H2,1H3,(H,14,15,17). The van der Waals surface area contributed by atoms with Gasteiger partial charge in [0.2, 0.25) is 0 Å². The molecule has 0 saturated carbocycles. The topological polar surface area (TPSA) is 49.0 Å². The third-order valence-electron chi connectivity index (χ3n) is 3.39. The molecule has 2 heterocycles. The molecule has 2 rings (SSSR count). The molecule has 94 valence electrons. The Morgan fingerprint density at radius 1 is 1.53 bits per heavy atom. The number of H-pyrrole nitrogens is 1. The highest BCUT2D eigenvalue weighted by molar-refractivity contribution is 9.10. The van der Waals surface area contributed by atoms with Crippen molar-refractivity contribution in [3.8, 4) is 0 Å². The number of anilines is 1. The van der Waals surface area contributed by atoms with E-state index in [1.54, 1.807) is 0 Å². The van der Waals surface area contributed by atoms with E-state index in [9.17, 15) is 4.79 Å². The lowest BCUT2D eigenvalue weighted by atomic mass is 9.92. The normalized spacial score (nSPS) is 17.4. The van der Waals surface area contributed by atoms with Crippen LogP contribution in [0.5, 0.6) is 0 Å². The van der Waals surface area contributed by atoms with Gasteiger partial charge in [-0.2, -0.15) is 0 Å². The van der Waals surface area contributed by atoms with E-state index >= 15 is 0 Å². The fourth-order valence-electron chi connectivity index (χ4n) is 2.44. The van der Waals surface area contributed by atoms with E-state index in [2.05, 4.69) is 37.7 Å². The van der Waals surface area contributed by atoms with Crippen LogP contribution in [0.1, 0.15) is 32.6 Å². The molecule has 1 aliphatic rings. The number of piperidine rings is 1. The van der Waals surface area contributed by atoms with Crippen molar-refractivity contribution in [1.82, 2.24) is 9.97 Å². The molecule has 1 aromatic heterocycles. The first-order chi connectivity index (χ1) is 8.22. The second-order valence-electron chi connectivity index (χ2n) is 4.59. The van der Waals surface area contributed by atoms with Crippen LogP contribution in [0.3, 0.4) is 0 Å². The molecule has 0 amide bonds. The van der Waals surface area contributed by atoms with Gasteiger partial charge in [0.05, 0.1) is 6.33 Å². The van der Waals surface area contributed by atoms with Crippen LogP contribution in [0.4, 0.5) is 5.82 Å². The van der Waals surface area contributed by atoms with Crippen molar-refractivity contribution < 1.29 is 0 Å². The predicted octanol–water partition coefficient (Wildman–Crippen LogP) is 2.55. The summed E-state index contributed by atoms with van der Waals surface area (Å²) in [4.78, 5) is 20.5. The Kier molecular flexibility index (Phi) is 4.20. The van der Waals surface area contributed by atoms with Gasteiger partial charge in [0.25, 0.3) is 5.56 Å². The van der Waals surface area contributed by atoms with Crippen molar-refractivity contribution >= 4 is 21.7 Å². The van der Waals surface area contributed by atoms with Gasteiger partial charge < -0.3 is 9.88 Å². The molecule has 1 N–H and O–H groups in total. The Morgan fingerprint density at radius 2 is 2.24 bits per heavy atom. The van der Waals surface area contributed by atoms with Crippen LogP contribution in [-0.4, -0.2) is 23.1 Å². The quantitative estimate of drug-likeness (QED) is 0.933. The van der Waals surface area contributed by atoms with Crippen LogP contribution in [0.15, 0.2) is 15.6 Å². The zero-order chi connectivity index (χ0) is 12.3. The summed E-state index contributed by atoms with van der Waals surface area (Å²) in [5.41, 5.74) is -0.106. The fourth-order valence-corrected chi connectivity index (χ4v) is 2.90. The maximum Gasteiger partial charge on any atom is 0.267 e. The third kappa shape index (κ3) is 2.89. The monoisotopic (exact) mass is 299 g/mol. The minimum atomic E-state index is -0.106. The maximum absolute atomic E-state index is 11.5. The highest BCUT2D eigenvalue weighted by atomic mass is 79.9. The van der Waals surface area contributed by atoms with Crippen LogP contribution in [-0.2, 0) is 0 Å². The van der Waals surface area contributed by atoms with E-state index in [4.69, 9.17) is 0 Å². The van der Waals surface area contributed by atoms with Gasteiger partial charge in [-0.3, -0.25) is 4.79 Å². The molecular formula is C12H18BrN3O. The first-order valence-corrected chi connectivity index (χ1v) is 6.99. The van der Waals surface area contributed by atoms with Crippen LogP contribution >= 0.6 is 15.9 Å². The minimum Gasteiger partial charge on any atom is -0.355 e. The molecule has 4 nitrogen and oxygen atoms in total. The smallest absolute Gasteiger partial charge is 0.267 e. The fraction of sp³-hybridized carbons (Fsp3) is 0.667. The van der Waals surface area contributed by atoms with Crippen molar-refractivity contribution in [1.29, 1.82) is 0 Å². The molecule has 0 aromatic carbocycles. The van der Waals surface area contributed by atoms with Gasteiger partial charge in [0, 0.05) is 13.1 Å². The first-order valence-electron chi connectivity index (χ1n) is 6.20. The predicted molar refractivity (Wildman–Crippen MR) is 72.4 cm³/mol. The number of halogens is 1. The Labute approximate surface area is 110 Å². The largest absolute Gasteiger partial charge is 0.355 e. The summed E-state index contributed by atoms with van der Waals surface area (Å²) in [6.45, 7) is 4.24. The van der Waals surface area contributed by atoms with Gasteiger partial charge in [-0.05, 0) is 34.7 Å². The first kappa shape index (κ1) is 12.6. The zero-order valence-electron chi connectivity index (χ0n) is 10.1. The molecule has 1 saturated heterocycles. The van der Waals surface area contributed by atoms with Crippen molar-refractivity contribution in [2.24, 2.45) is 5.92 Å². The Hall–Kier alpha value is -0.840. The summed E-state index contributed by atoms with van der Waals surface area (Å²) in [5, 5.41) is 0. The van der Waals surface area contributed by atoms with Gasteiger partial charge in [-0.15, -0.1) is 0 Å². The van der Waals surface area contributed by atoms with E-state index in [-0.39, 0.29) is 5.56 Å². The molecule has 0 bridgehead atoms. The Morgan fingerprint density at radius 3 is 2.88 bits per heavy atom. The lowest BCUT2D eigenvalue weighted by Crippen LogP contribution is -2.35. The van der Waals surface area contributed by atoms with Crippen molar-refractivity contribution in [2.45, 2.75) is 32.6 Å². The van der Waals surface area contributed by atoms with E-state index in [0.717, 1.165) is 24.8 Å². The van der Waals surface area contributed by atoms with Crippen LogP contribution < -0.4 is 10.5 Å². The lowest BCUT2D eigenvalue weighted by Gasteiger charge is -2.32. The van der Waals surface area contributed by atoms with Gasteiger partial charge in [0.15, 0.2) is 0 Å². The SMILES string of the molecule is CCCC1CCN(c2nc[nH]c(=O)c2Br)CC1. The number of hydrogen-bond acceptors (Lipinski definition) is 3. The summed E-state index contributed by atoms with van der Waals surface area (Å²) in [6.07, 6.45) is 6.46. The van der Waals surface area contributed by atoms with E-state index < -0.39 is 0 Å². The second-order valence-corrected chi connectivity index (χ2v) is 5.38. The van der Waals surface area contributed by atoms with Crippen LogP contribution in [0.25, 0.3) is 0 Å². The van der Waals surface area contributed by atoms with Crippen molar-refractivity contribution in [2.75, 3.05) is 18.0 Å². The van der Waals surface area contributed by atoms with E-state index in [0.29, 0.717) is 4.47 Å². The van der Waals surface area contributed by atoms with Crippen LogP contribution in [0.2, 0.25) is 0 Å². The zero-order valence-corrected chi connectivity index (χ0v) is 11.7. The number of nitrogens with one attached hydrogen (secondary N) is 1. The number of aromatic nitrogens is 2. The summed E-state index contributed by atoms with van der Waals surface area (Å²) in [6, 6.07) is 0. The summed E-state index contributed by atoms with van der Waals surface area (Å²) < 4.78 is 0.550. The third-order valence-corrected chi connectivity index (χ3v) is 4.10. The highest BCUT2D eigenvalue weighted by Crippen LogP contribution is 2.27. The van der Waals surface area contributed by atoms with Crippen molar-refractivity contribution in [3.63, 3.8) is 0 Å². The number of aromatic amines is 1. The molecule has 0 unspecified atom stereocenters. The summed E-state index contributed by atoms with van der Waals surface area (Å²) in [7, 11) is 0. The maximum atomic E-state index is 11.5. The molecule has 17 heavy (non-hydrogen) atoms. The molecule has 0 aliphatic carbocycles. The molecule has 0 spiro atoms. The summed E-state index contributed by atoms with van der Waals surface area (Å²) in [5.74, 6) is 1.63. The van der Waals surface area contributed by atoms with Gasteiger partial charge in [-0.1, -0.05) is 19.8 Å². The van der Waals surface area contributed by atoms with Gasteiger partial charge >= 0.3 is 0 Å². The summed E-state index contributed by atoms with van der Waals surface area (Å²) >= 11 is 3.31. The van der Waals surface area contributed by atoms with Crippen molar-refractivity contribution in [3.05, 3.63) is 21.2 Å². The molecule has 0 radical (unpaired) electrons.